The molecule has 1 aliphatic carbocycles. The maximum absolute atomic E-state index is 5.67. The van der Waals surface area contributed by atoms with E-state index < -0.39 is 0 Å². The van der Waals surface area contributed by atoms with Crippen molar-refractivity contribution >= 4 is 0 Å². The highest BCUT2D eigenvalue weighted by Gasteiger charge is 2.35. The second-order valence-corrected chi connectivity index (χ2v) is 6.70. The predicted molar refractivity (Wildman–Crippen MR) is 82.2 cm³/mol. The molecule has 20 heavy (non-hydrogen) atoms. The molecule has 0 atom stereocenters. The molecule has 3 rings (SSSR count). The summed E-state index contributed by atoms with van der Waals surface area (Å²) >= 11 is 0. The van der Waals surface area contributed by atoms with Crippen molar-refractivity contribution in [2.75, 3.05) is 13.1 Å². The van der Waals surface area contributed by atoms with Gasteiger partial charge in [-0.1, -0.05) is 19.3 Å². The van der Waals surface area contributed by atoms with Gasteiger partial charge in [-0.15, -0.1) is 0 Å². The number of aromatic nitrogens is 1. The van der Waals surface area contributed by atoms with Crippen LogP contribution in [0.3, 0.4) is 0 Å². The molecule has 2 aliphatic rings. The molecule has 1 aromatic rings. The number of rotatable bonds is 3. The summed E-state index contributed by atoms with van der Waals surface area (Å²) in [5.74, 6) is 0. The lowest BCUT2D eigenvalue weighted by atomic mass is 9.68. The third kappa shape index (κ3) is 3.21. The van der Waals surface area contributed by atoms with Crippen LogP contribution in [0, 0.1) is 5.41 Å². The molecule has 2 N–H and O–H groups in total. The molecule has 0 bridgehead atoms. The Kier molecular flexibility index (Phi) is 4.37. The molecule has 3 nitrogen and oxygen atoms in total. The van der Waals surface area contributed by atoms with Crippen LogP contribution in [0.15, 0.2) is 18.3 Å². The normalized spacial score (nSPS) is 23.1. The summed E-state index contributed by atoms with van der Waals surface area (Å²) in [6, 6.07) is 4.29. The molecular formula is C17H27N3. The van der Waals surface area contributed by atoms with Gasteiger partial charge in [0, 0.05) is 19.3 Å². The van der Waals surface area contributed by atoms with E-state index in [1.807, 2.05) is 6.20 Å². The highest BCUT2D eigenvalue weighted by molar-refractivity contribution is 5.16. The summed E-state index contributed by atoms with van der Waals surface area (Å²) in [6.07, 6.45) is 12.0. The van der Waals surface area contributed by atoms with Crippen LogP contribution in [0.1, 0.15) is 56.2 Å². The number of piperidine rings is 1. The van der Waals surface area contributed by atoms with Gasteiger partial charge in [-0.3, -0.25) is 9.88 Å². The van der Waals surface area contributed by atoms with Crippen LogP contribution in [0.25, 0.3) is 0 Å². The zero-order valence-electron chi connectivity index (χ0n) is 12.5. The van der Waals surface area contributed by atoms with E-state index >= 15 is 0 Å². The molecule has 1 aromatic heterocycles. The number of nitrogens with zero attached hydrogens (tertiary/aromatic N) is 2. The fourth-order valence-corrected chi connectivity index (χ4v) is 3.98. The number of likely N-dealkylation sites (tertiary alicyclic amines) is 1. The summed E-state index contributed by atoms with van der Waals surface area (Å²) in [6.45, 7) is 4.13. The molecule has 1 saturated heterocycles. The van der Waals surface area contributed by atoms with Crippen molar-refractivity contribution in [3.63, 3.8) is 0 Å². The first-order valence-corrected chi connectivity index (χ1v) is 8.16. The monoisotopic (exact) mass is 273 g/mol. The Morgan fingerprint density at radius 3 is 2.55 bits per heavy atom. The lowest BCUT2D eigenvalue weighted by molar-refractivity contribution is 0.0641. The van der Waals surface area contributed by atoms with Crippen LogP contribution in [0.2, 0.25) is 0 Å². The van der Waals surface area contributed by atoms with Gasteiger partial charge in [0.2, 0.25) is 0 Å². The van der Waals surface area contributed by atoms with Crippen molar-refractivity contribution < 1.29 is 0 Å². The van der Waals surface area contributed by atoms with E-state index in [0.29, 0.717) is 12.0 Å². The van der Waals surface area contributed by atoms with Gasteiger partial charge in [0.1, 0.15) is 0 Å². The number of hydrogen-bond donors (Lipinski definition) is 1. The van der Waals surface area contributed by atoms with Crippen LogP contribution < -0.4 is 5.73 Å². The fourth-order valence-electron chi connectivity index (χ4n) is 3.98. The number of nitrogens with two attached hydrogens (primary N) is 1. The standard InChI is InChI=1S/C17H27N3/c18-13-16-12-15(4-9-19-16)14-20-10-7-17(8-11-20)5-2-1-3-6-17/h4,9,12H,1-3,5-8,10-11,13-14,18H2. The zero-order valence-corrected chi connectivity index (χ0v) is 12.5. The maximum Gasteiger partial charge on any atom is 0.0542 e. The Balaban J connectivity index is 1.55. The van der Waals surface area contributed by atoms with Gasteiger partial charge in [-0.05, 0) is 61.9 Å². The van der Waals surface area contributed by atoms with Gasteiger partial charge in [0.05, 0.1) is 5.69 Å². The first kappa shape index (κ1) is 14.0. The van der Waals surface area contributed by atoms with E-state index in [4.69, 9.17) is 5.73 Å². The topological polar surface area (TPSA) is 42.1 Å². The Morgan fingerprint density at radius 1 is 1.10 bits per heavy atom. The van der Waals surface area contributed by atoms with Gasteiger partial charge >= 0.3 is 0 Å². The first-order valence-electron chi connectivity index (χ1n) is 8.16. The molecule has 0 radical (unpaired) electrons. The molecule has 1 spiro atoms. The van der Waals surface area contributed by atoms with Crippen LogP contribution in [0.5, 0.6) is 0 Å². The third-order valence-electron chi connectivity index (χ3n) is 5.33. The molecule has 2 fully saturated rings. The summed E-state index contributed by atoms with van der Waals surface area (Å²) < 4.78 is 0. The van der Waals surface area contributed by atoms with Crippen LogP contribution in [-0.2, 0) is 13.1 Å². The largest absolute Gasteiger partial charge is 0.325 e. The smallest absolute Gasteiger partial charge is 0.0542 e. The van der Waals surface area contributed by atoms with Crippen molar-refractivity contribution in [1.29, 1.82) is 0 Å². The minimum atomic E-state index is 0.539. The van der Waals surface area contributed by atoms with E-state index in [1.54, 1.807) is 0 Å². The van der Waals surface area contributed by atoms with Gasteiger partial charge < -0.3 is 5.73 Å². The molecule has 2 heterocycles. The van der Waals surface area contributed by atoms with Crippen molar-refractivity contribution in [2.24, 2.45) is 11.1 Å². The van der Waals surface area contributed by atoms with E-state index in [2.05, 4.69) is 22.0 Å². The zero-order chi connectivity index (χ0) is 13.8. The quantitative estimate of drug-likeness (QED) is 0.920. The molecule has 3 heteroatoms. The van der Waals surface area contributed by atoms with Gasteiger partial charge in [-0.25, -0.2) is 0 Å². The first-order chi connectivity index (χ1) is 9.80. The average molecular weight is 273 g/mol. The fraction of sp³-hybridized carbons (Fsp3) is 0.706. The molecule has 110 valence electrons. The minimum Gasteiger partial charge on any atom is -0.325 e. The predicted octanol–water partition coefficient (Wildman–Crippen LogP) is 3.09. The summed E-state index contributed by atoms with van der Waals surface area (Å²) in [5, 5.41) is 0. The minimum absolute atomic E-state index is 0.539. The lowest BCUT2D eigenvalue weighted by Crippen LogP contribution is -2.40. The van der Waals surface area contributed by atoms with Crippen molar-refractivity contribution in [3.8, 4) is 0 Å². The van der Waals surface area contributed by atoms with Crippen molar-refractivity contribution in [1.82, 2.24) is 9.88 Å². The summed E-state index contributed by atoms with van der Waals surface area (Å²) in [7, 11) is 0. The van der Waals surface area contributed by atoms with Gasteiger partial charge in [-0.2, -0.15) is 0 Å². The molecular weight excluding hydrogens is 246 g/mol. The second kappa shape index (κ2) is 6.23. The average Bonchev–Trinajstić information content (AvgIpc) is 2.51. The number of hydrogen-bond acceptors (Lipinski definition) is 3. The molecule has 0 amide bonds. The lowest BCUT2D eigenvalue weighted by Gasteiger charge is -2.44. The summed E-state index contributed by atoms with van der Waals surface area (Å²) in [5.41, 5.74) is 8.74. The molecule has 1 aliphatic heterocycles. The van der Waals surface area contributed by atoms with E-state index in [9.17, 15) is 0 Å². The van der Waals surface area contributed by atoms with Crippen LogP contribution in [0.4, 0.5) is 0 Å². The van der Waals surface area contributed by atoms with Gasteiger partial charge in [0.15, 0.2) is 0 Å². The highest BCUT2D eigenvalue weighted by Crippen LogP contribution is 2.44. The Labute approximate surface area is 122 Å². The Bertz CT molecular complexity index is 428. The highest BCUT2D eigenvalue weighted by atomic mass is 15.1. The Hall–Kier alpha value is -0.930. The molecule has 0 aromatic carbocycles. The van der Waals surface area contributed by atoms with E-state index in [1.165, 1.54) is 63.6 Å². The van der Waals surface area contributed by atoms with E-state index in [0.717, 1.165) is 12.2 Å². The van der Waals surface area contributed by atoms with Gasteiger partial charge in [0.25, 0.3) is 0 Å². The van der Waals surface area contributed by atoms with Crippen LogP contribution >= 0.6 is 0 Å². The number of pyridine rings is 1. The molecule has 1 saturated carbocycles. The SMILES string of the molecule is NCc1cc(CN2CCC3(CCCCC3)CC2)ccn1. The van der Waals surface area contributed by atoms with Crippen molar-refractivity contribution in [3.05, 3.63) is 29.6 Å². The Morgan fingerprint density at radius 2 is 1.85 bits per heavy atom. The van der Waals surface area contributed by atoms with Crippen molar-refractivity contribution in [2.45, 2.75) is 58.0 Å². The van der Waals surface area contributed by atoms with E-state index in [-0.39, 0.29) is 0 Å². The van der Waals surface area contributed by atoms with Crippen LogP contribution in [-0.4, -0.2) is 23.0 Å². The third-order valence-corrected chi connectivity index (χ3v) is 5.33. The molecule has 0 unspecified atom stereocenters. The second-order valence-electron chi connectivity index (χ2n) is 6.70. The maximum atomic E-state index is 5.67. The summed E-state index contributed by atoms with van der Waals surface area (Å²) in [4.78, 5) is 6.88.